The van der Waals surface area contributed by atoms with Gasteiger partial charge in [0, 0.05) is 19.3 Å². The van der Waals surface area contributed by atoms with Gasteiger partial charge < -0.3 is 14.2 Å². The molecule has 1 unspecified atom stereocenters. The minimum absolute atomic E-state index is 0.109. The van der Waals surface area contributed by atoms with Crippen molar-refractivity contribution >= 4 is 17.9 Å². The number of esters is 3. The second kappa shape index (κ2) is 68.1. The average Bonchev–Trinajstić information content (AvgIpc) is 3.46. The van der Waals surface area contributed by atoms with Crippen LogP contribution in [0.15, 0.2) is 134 Å². The van der Waals surface area contributed by atoms with Crippen molar-refractivity contribution in [2.45, 2.75) is 309 Å². The molecule has 0 amide bonds. The van der Waals surface area contributed by atoms with Gasteiger partial charge >= 0.3 is 17.9 Å². The van der Waals surface area contributed by atoms with E-state index in [1.807, 2.05) is 0 Å². The second-order valence-electron chi connectivity index (χ2n) is 22.0. The highest BCUT2D eigenvalue weighted by Crippen LogP contribution is 2.17. The molecule has 0 saturated carbocycles. The fraction of sp³-hybridized carbons (Fsp3) is 0.667. The maximum Gasteiger partial charge on any atom is 0.306 e. The third-order valence-corrected chi connectivity index (χ3v) is 14.2. The molecule has 6 heteroatoms. The molecule has 0 bridgehead atoms. The van der Waals surface area contributed by atoms with Crippen LogP contribution >= 0.6 is 0 Å². The first-order chi connectivity index (χ1) is 40.0. The van der Waals surface area contributed by atoms with E-state index in [0.717, 1.165) is 128 Å². The molecule has 81 heavy (non-hydrogen) atoms. The van der Waals surface area contributed by atoms with Gasteiger partial charge in [-0.1, -0.05) is 302 Å². The summed E-state index contributed by atoms with van der Waals surface area (Å²) in [6, 6.07) is 0. The van der Waals surface area contributed by atoms with Crippen LogP contribution in [-0.4, -0.2) is 37.2 Å². The Kier molecular flexibility index (Phi) is 64.3. The van der Waals surface area contributed by atoms with E-state index in [4.69, 9.17) is 14.2 Å². The molecular formula is C75H124O6. The molecule has 0 radical (unpaired) electrons. The second-order valence-corrected chi connectivity index (χ2v) is 22.0. The first kappa shape index (κ1) is 76.5. The molecule has 0 aromatic carbocycles. The fourth-order valence-electron chi connectivity index (χ4n) is 9.18. The van der Waals surface area contributed by atoms with Crippen molar-refractivity contribution < 1.29 is 28.6 Å². The van der Waals surface area contributed by atoms with Gasteiger partial charge in [-0.3, -0.25) is 14.4 Å². The van der Waals surface area contributed by atoms with Crippen molar-refractivity contribution in [3.63, 3.8) is 0 Å². The Bertz CT molecular complexity index is 1720. The Hall–Kier alpha value is -4.45. The van der Waals surface area contributed by atoms with Crippen molar-refractivity contribution in [2.75, 3.05) is 13.2 Å². The lowest BCUT2D eigenvalue weighted by atomic mass is 10.0. The highest BCUT2D eigenvalue weighted by Gasteiger charge is 2.19. The topological polar surface area (TPSA) is 78.9 Å². The Morgan fingerprint density at radius 2 is 0.481 bits per heavy atom. The highest BCUT2D eigenvalue weighted by atomic mass is 16.6. The van der Waals surface area contributed by atoms with Gasteiger partial charge in [0.1, 0.15) is 13.2 Å². The van der Waals surface area contributed by atoms with Crippen molar-refractivity contribution in [2.24, 2.45) is 0 Å². The van der Waals surface area contributed by atoms with Crippen LogP contribution < -0.4 is 0 Å². The van der Waals surface area contributed by atoms with Crippen molar-refractivity contribution in [1.82, 2.24) is 0 Å². The number of carbonyl (C=O) groups is 3. The zero-order valence-corrected chi connectivity index (χ0v) is 52.8. The normalized spacial score (nSPS) is 13.0. The number of hydrogen-bond acceptors (Lipinski definition) is 6. The number of allylic oxidation sites excluding steroid dienone is 22. The van der Waals surface area contributed by atoms with Crippen LogP contribution in [0.2, 0.25) is 0 Å². The van der Waals surface area contributed by atoms with E-state index >= 15 is 0 Å². The van der Waals surface area contributed by atoms with E-state index in [2.05, 4.69) is 154 Å². The molecule has 0 aromatic rings. The minimum Gasteiger partial charge on any atom is -0.462 e. The third kappa shape index (κ3) is 66.2. The van der Waals surface area contributed by atoms with E-state index in [0.29, 0.717) is 25.7 Å². The Balaban J connectivity index is 4.41. The number of carbonyl (C=O) groups excluding carboxylic acids is 3. The predicted molar refractivity (Wildman–Crippen MR) is 353 cm³/mol. The lowest BCUT2D eigenvalue weighted by Crippen LogP contribution is -2.30. The Morgan fingerprint density at radius 1 is 0.259 bits per heavy atom. The maximum atomic E-state index is 12.9. The van der Waals surface area contributed by atoms with Crippen LogP contribution in [-0.2, 0) is 28.6 Å². The number of unbranched alkanes of at least 4 members (excludes halogenated alkanes) is 27. The highest BCUT2D eigenvalue weighted by molar-refractivity contribution is 5.71. The molecule has 0 N–H and O–H groups in total. The molecule has 0 rings (SSSR count). The summed E-state index contributed by atoms with van der Waals surface area (Å²) in [4.78, 5) is 38.3. The van der Waals surface area contributed by atoms with E-state index in [9.17, 15) is 14.4 Å². The Morgan fingerprint density at radius 3 is 0.778 bits per heavy atom. The zero-order valence-electron chi connectivity index (χ0n) is 52.8. The summed E-state index contributed by atoms with van der Waals surface area (Å²) in [5, 5.41) is 0. The first-order valence-corrected chi connectivity index (χ1v) is 33.7. The summed E-state index contributed by atoms with van der Waals surface area (Å²) >= 11 is 0. The zero-order chi connectivity index (χ0) is 58.5. The van der Waals surface area contributed by atoms with Gasteiger partial charge in [-0.05, 0) is 116 Å². The van der Waals surface area contributed by atoms with Crippen molar-refractivity contribution in [3.05, 3.63) is 134 Å². The summed E-state index contributed by atoms with van der Waals surface area (Å²) in [5.74, 6) is -0.973. The van der Waals surface area contributed by atoms with Crippen molar-refractivity contribution in [1.29, 1.82) is 0 Å². The summed E-state index contributed by atoms with van der Waals surface area (Å²) in [6.45, 7) is 6.37. The standard InChI is InChI=1S/C75H124O6/c1-4-7-10-13-16-19-22-25-27-29-31-33-35-36-37-38-40-41-43-45-47-50-53-56-59-62-65-68-74(77)80-71-72(70-79-73(76)67-64-61-58-55-52-49-24-21-18-15-12-9-6-3)81-75(78)69-66-63-60-57-54-51-48-46-44-42-39-34-32-30-28-26-23-20-17-14-11-8-5-2/h7,9-10,12,16,18-19,21,25,27,31,33,36-37,40-41,45,47,49,52-53,56,72H,4-6,8,11,13-15,17,20,22-24,26,28-30,32,34-35,38-39,42-44,46,48,50-51,54-55,57-71H2,1-3H3/b10-7-,12-9-,19-16-,21-18-,27-25-,33-31-,37-36-,41-40-,47-45-,52-49-,56-53-. The lowest BCUT2D eigenvalue weighted by molar-refractivity contribution is -0.167. The van der Waals surface area contributed by atoms with Crippen LogP contribution in [0.4, 0.5) is 0 Å². The van der Waals surface area contributed by atoms with Crippen LogP contribution in [0.5, 0.6) is 0 Å². The van der Waals surface area contributed by atoms with Crippen LogP contribution in [0.1, 0.15) is 303 Å². The van der Waals surface area contributed by atoms with Crippen LogP contribution in [0, 0.1) is 0 Å². The molecule has 0 saturated heterocycles. The summed E-state index contributed by atoms with van der Waals surface area (Å²) in [6.07, 6.45) is 96.2. The molecular weight excluding hydrogens is 997 g/mol. The van der Waals surface area contributed by atoms with Crippen molar-refractivity contribution in [3.8, 4) is 0 Å². The van der Waals surface area contributed by atoms with Gasteiger partial charge in [-0.2, -0.15) is 0 Å². The summed E-state index contributed by atoms with van der Waals surface area (Å²) in [5.41, 5.74) is 0. The maximum absolute atomic E-state index is 12.9. The smallest absolute Gasteiger partial charge is 0.306 e. The largest absolute Gasteiger partial charge is 0.462 e. The SMILES string of the molecule is CC/C=C\C/C=C\C/C=C\C/C=C\C/C=C\C/C=C\C/C=C\C/C=C\CCCCC(=O)OCC(COC(=O)CCCCC/C=C\C/C=C\C/C=C\CC)OC(=O)CCCCCCCCCCCCCCCCCCCCCCCCC. The average molecular weight is 1120 g/mol. The summed E-state index contributed by atoms with van der Waals surface area (Å²) in [7, 11) is 0. The molecule has 0 aromatic heterocycles. The number of ether oxygens (including phenoxy) is 3. The van der Waals surface area contributed by atoms with E-state index in [-0.39, 0.29) is 31.1 Å². The quantitative estimate of drug-likeness (QED) is 0.0261. The van der Waals surface area contributed by atoms with Gasteiger partial charge in [0.2, 0.25) is 0 Å². The van der Waals surface area contributed by atoms with E-state index in [1.54, 1.807) is 0 Å². The molecule has 0 aliphatic heterocycles. The monoisotopic (exact) mass is 1120 g/mol. The summed E-state index contributed by atoms with van der Waals surface area (Å²) < 4.78 is 16.9. The third-order valence-electron chi connectivity index (χ3n) is 14.2. The predicted octanol–water partition coefficient (Wildman–Crippen LogP) is 23.3. The van der Waals surface area contributed by atoms with Gasteiger partial charge in [-0.25, -0.2) is 0 Å². The first-order valence-electron chi connectivity index (χ1n) is 33.7. The van der Waals surface area contributed by atoms with Gasteiger partial charge in [0.05, 0.1) is 0 Å². The van der Waals surface area contributed by atoms with Crippen LogP contribution in [0.25, 0.3) is 0 Å². The molecule has 460 valence electrons. The minimum atomic E-state index is -0.813. The number of rotatable bonds is 60. The molecule has 1 atom stereocenters. The fourth-order valence-corrected chi connectivity index (χ4v) is 9.18. The number of hydrogen-bond donors (Lipinski definition) is 0. The Labute approximate surface area is 500 Å². The molecule has 0 heterocycles. The van der Waals surface area contributed by atoms with Gasteiger partial charge in [0.25, 0.3) is 0 Å². The van der Waals surface area contributed by atoms with Gasteiger partial charge in [-0.15, -0.1) is 0 Å². The molecule has 0 spiro atoms. The lowest BCUT2D eigenvalue weighted by Gasteiger charge is -2.18. The van der Waals surface area contributed by atoms with Crippen LogP contribution in [0.3, 0.4) is 0 Å². The van der Waals surface area contributed by atoms with E-state index in [1.165, 1.54) is 128 Å². The molecule has 0 aliphatic carbocycles. The molecule has 0 aliphatic rings. The van der Waals surface area contributed by atoms with E-state index < -0.39 is 6.10 Å². The molecule has 0 fully saturated rings. The van der Waals surface area contributed by atoms with Gasteiger partial charge in [0.15, 0.2) is 6.10 Å². The molecule has 6 nitrogen and oxygen atoms in total.